The molecule has 8 nitrogen and oxygen atoms in total. The van der Waals surface area contributed by atoms with Crippen molar-refractivity contribution in [1.29, 1.82) is 0 Å². The van der Waals surface area contributed by atoms with Gasteiger partial charge in [0.25, 0.3) is 5.91 Å². The molecule has 0 saturated carbocycles. The first-order valence-corrected chi connectivity index (χ1v) is 12.0. The van der Waals surface area contributed by atoms with E-state index < -0.39 is 12.0 Å². The zero-order valence-corrected chi connectivity index (χ0v) is 21.0. The highest BCUT2D eigenvalue weighted by Crippen LogP contribution is 2.45. The number of amides is 2. The average Bonchev–Trinajstić information content (AvgIpc) is 3.36. The molecule has 1 aliphatic heterocycles. The topological polar surface area (TPSA) is 92.9 Å². The van der Waals surface area contributed by atoms with Crippen LogP contribution in [0.2, 0.25) is 0 Å². The van der Waals surface area contributed by atoms with E-state index in [4.69, 9.17) is 14.2 Å². The van der Waals surface area contributed by atoms with Crippen molar-refractivity contribution in [3.63, 3.8) is 0 Å². The highest BCUT2D eigenvalue weighted by molar-refractivity contribution is 6.05. The van der Waals surface area contributed by atoms with Crippen molar-refractivity contribution in [2.24, 2.45) is 0 Å². The summed E-state index contributed by atoms with van der Waals surface area (Å²) in [6, 6.07) is 19.9. The van der Waals surface area contributed by atoms with Crippen LogP contribution in [0.5, 0.6) is 11.5 Å². The van der Waals surface area contributed by atoms with Crippen molar-refractivity contribution in [2.75, 3.05) is 39.8 Å². The summed E-state index contributed by atoms with van der Waals surface area (Å²) in [5.41, 5.74) is 3.52. The van der Waals surface area contributed by atoms with Gasteiger partial charge in [-0.3, -0.25) is 9.59 Å². The number of carbonyl (C=O) groups is 2. The van der Waals surface area contributed by atoms with E-state index in [2.05, 4.69) is 10.3 Å². The number of H-pyrrole nitrogens is 1. The van der Waals surface area contributed by atoms with Gasteiger partial charge in [0, 0.05) is 47.9 Å². The molecule has 1 aromatic heterocycles. The highest BCUT2D eigenvalue weighted by atomic mass is 16.5. The molecule has 5 rings (SSSR count). The minimum atomic E-state index is -0.684. The van der Waals surface area contributed by atoms with E-state index >= 15 is 0 Å². The van der Waals surface area contributed by atoms with Gasteiger partial charge in [-0.05, 0) is 29.8 Å². The predicted molar refractivity (Wildman–Crippen MR) is 141 cm³/mol. The zero-order valence-electron chi connectivity index (χ0n) is 21.0. The van der Waals surface area contributed by atoms with Crippen molar-refractivity contribution in [1.82, 2.24) is 9.88 Å². The fraction of sp³-hybridized carbons (Fsp3) is 0.241. The quantitative estimate of drug-likeness (QED) is 0.365. The number of nitrogens with one attached hydrogen (secondary N) is 2. The number of para-hydroxylation sites is 1. The first-order valence-electron chi connectivity index (χ1n) is 12.0. The Morgan fingerprint density at radius 1 is 0.973 bits per heavy atom. The van der Waals surface area contributed by atoms with Gasteiger partial charge >= 0.3 is 0 Å². The third-order valence-electron chi connectivity index (χ3n) is 6.86. The van der Waals surface area contributed by atoms with Crippen molar-refractivity contribution in [2.45, 2.75) is 12.0 Å². The molecule has 0 radical (unpaired) electrons. The van der Waals surface area contributed by atoms with E-state index in [1.807, 2.05) is 48.7 Å². The van der Waals surface area contributed by atoms with Gasteiger partial charge < -0.3 is 29.4 Å². The fourth-order valence-electron chi connectivity index (χ4n) is 5.11. The lowest BCUT2D eigenvalue weighted by molar-refractivity contribution is -0.119. The third-order valence-corrected chi connectivity index (χ3v) is 6.86. The van der Waals surface area contributed by atoms with Crippen molar-refractivity contribution >= 4 is 28.4 Å². The Bertz CT molecular complexity index is 1450. The van der Waals surface area contributed by atoms with Crippen molar-refractivity contribution < 1.29 is 23.8 Å². The molecule has 190 valence electrons. The lowest BCUT2D eigenvalue weighted by atomic mass is 9.79. The number of methoxy groups -OCH3 is 3. The van der Waals surface area contributed by atoms with E-state index in [1.165, 1.54) is 0 Å². The maximum Gasteiger partial charge on any atom is 0.254 e. The largest absolute Gasteiger partial charge is 0.497 e. The summed E-state index contributed by atoms with van der Waals surface area (Å²) in [5, 5.41) is 4.02. The van der Waals surface area contributed by atoms with E-state index in [0.29, 0.717) is 41.5 Å². The lowest BCUT2D eigenvalue weighted by Gasteiger charge is -2.41. The Kier molecular flexibility index (Phi) is 6.83. The molecule has 2 amide bonds. The number of aromatic nitrogens is 1. The summed E-state index contributed by atoms with van der Waals surface area (Å²) in [7, 11) is 4.72. The van der Waals surface area contributed by atoms with Gasteiger partial charge in [0.05, 0.1) is 38.5 Å². The van der Waals surface area contributed by atoms with Crippen LogP contribution in [0.15, 0.2) is 72.9 Å². The molecule has 0 fully saturated rings. The Hall–Kier alpha value is -4.30. The number of ether oxygens (including phenoxy) is 3. The number of anilines is 1. The Labute approximate surface area is 215 Å². The van der Waals surface area contributed by atoms with E-state index in [0.717, 1.165) is 16.5 Å². The van der Waals surface area contributed by atoms with Gasteiger partial charge in [0.2, 0.25) is 5.91 Å². The highest BCUT2D eigenvalue weighted by Gasteiger charge is 2.45. The summed E-state index contributed by atoms with van der Waals surface area (Å²) < 4.78 is 16.2. The van der Waals surface area contributed by atoms with Gasteiger partial charge in [0.15, 0.2) is 0 Å². The number of aromatic amines is 1. The third kappa shape index (κ3) is 4.40. The molecule has 0 saturated heterocycles. The molecule has 4 aromatic rings. The second kappa shape index (κ2) is 10.4. The maximum absolute atomic E-state index is 14.1. The van der Waals surface area contributed by atoms with Crippen molar-refractivity contribution in [3.8, 4) is 11.5 Å². The second-order valence-corrected chi connectivity index (χ2v) is 8.85. The summed E-state index contributed by atoms with van der Waals surface area (Å²) >= 11 is 0. The van der Waals surface area contributed by atoms with Crippen LogP contribution in [0.3, 0.4) is 0 Å². The molecular formula is C29H29N3O5. The minimum absolute atomic E-state index is 0.131. The van der Waals surface area contributed by atoms with Crippen LogP contribution in [0.1, 0.15) is 33.4 Å². The first kappa shape index (κ1) is 24.4. The van der Waals surface area contributed by atoms with Crippen LogP contribution in [0, 0.1) is 0 Å². The standard InChI is InChI=1S/C29H29N3O5/c1-35-15-14-32-27(22-17-30-23-11-7-6-8-19(22)23)26(20-9-4-5-10-21(20)29(32)34)28(33)31-24-13-12-18(36-2)16-25(24)37-3/h4-13,16-17,26-27,30H,14-15H2,1-3H3,(H,31,33). The molecule has 0 spiro atoms. The smallest absolute Gasteiger partial charge is 0.254 e. The molecule has 2 heterocycles. The van der Waals surface area contributed by atoms with Gasteiger partial charge in [-0.15, -0.1) is 0 Å². The minimum Gasteiger partial charge on any atom is -0.497 e. The van der Waals surface area contributed by atoms with E-state index in [9.17, 15) is 9.59 Å². The van der Waals surface area contributed by atoms with Crippen LogP contribution < -0.4 is 14.8 Å². The predicted octanol–water partition coefficient (Wildman–Crippen LogP) is 4.75. The molecule has 37 heavy (non-hydrogen) atoms. The van der Waals surface area contributed by atoms with Crippen LogP contribution in [0.25, 0.3) is 10.9 Å². The molecule has 2 atom stereocenters. The van der Waals surface area contributed by atoms with Gasteiger partial charge in [-0.2, -0.15) is 0 Å². The van der Waals surface area contributed by atoms with Gasteiger partial charge in [-0.25, -0.2) is 0 Å². The SMILES string of the molecule is COCCN1C(=O)c2ccccc2C(C(=O)Nc2ccc(OC)cc2OC)C1c1c[nH]c2ccccc12. The summed E-state index contributed by atoms with van der Waals surface area (Å²) in [6.07, 6.45) is 1.89. The Morgan fingerprint density at radius 3 is 2.54 bits per heavy atom. The number of nitrogens with zero attached hydrogens (tertiary/aromatic N) is 1. The Morgan fingerprint density at radius 2 is 1.76 bits per heavy atom. The number of rotatable bonds is 8. The number of hydrogen-bond donors (Lipinski definition) is 2. The molecule has 1 aliphatic rings. The van der Waals surface area contributed by atoms with Crippen LogP contribution in [-0.4, -0.2) is 56.2 Å². The van der Waals surface area contributed by atoms with Crippen molar-refractivity contribution in [3.05, 3.63) is 89.6 Å². The zero-order chi connectivity index (χ0) is 25.9. The second-order valence-electron chi connectivity index (χ2n) is 8.85. The normalized spacial score (nSPS) is 16.9. The van der Waals surface area contributed by atoms with Gasteiger partial charge in [0.1, 0.15) is 11.5 Å². The molecule has 0 aliphatic carbocycles. The van der Waals surface area contributed by atoms with Gasteiger partial charge in [-0.1, -0.05) is 36.4 Å². The number of benzene rings is 3. The molecular weight excluding hydrogens is 470 g/mol. The molecule has 3 aromatic carbocycles. The van der Waals surface area contributed by atoms with Crippen LogP contribution in [0.4, 0.5) is 5.69 Å². The van der Waals surface area contributed by atoms with E-state index in [1.54, 1.807) is 50.5 Å². The number of fused-ring (bicyclic) bond motifs is 2. The lowest BCUT2D eigenvalue weighted by Crippen LogP contribution is -2.47. The van der Waals surface area contributed by atoms with Crippen LogP contribution >= 0.6 is 0 Å². The fourth-order valence-corrected chi connectivity index (χ4v) is 5.11. The number of carbonyl (C=O) groups excluding carboxylic acids is 2. The molecule has 0 bridgehead atoms. The molecule has 2 unspecified atom stereocenters. The summed E-state index contributed by atoms with van der Waals surface area (Å²) in [5.74, 6) is 0.0329. The average molecular weight is 500 g/mol. The summed E-state index contributed by atoms with van der Waals surface area (Å²) in [4.78, 5) is 33.0. The molecule has 8 heteroatoms. The summed E-state index contributed by atoms with van der Waals surface area (Å²) in [6.45, 7) is 0.677. The monoisotopic (exact) mass is 499 g/mol. The van der Waals surface area contributed by atoms with Crippen LogP contribution in [-0.2, 0) is 9.53 Å². The molecule has 2 N–H and O–H groups in total. The van der Waals surface area contributed by atoms with E-state index in [-0.39, 0.29) is 11.8 Å². The Balaban J connectivity index is 1.65. The maximum atomic E-state index is 14.1. The number of hydrogen-bond acceptors (Lipinski definition) is 5. The first-order chi connectivity index (χ1) is 18.1.